The van der Waals surface area contributed by atoms with Gasteiger partial charge in [-0.15, -0.1) is 0 Å². The molecule has 0 aliphatic heterocycles. The van der Waals surface area contributed by atoms with Crippen molar-refractivity contribution in [1.29, 1.82) is 0 Å². The number of hydrogen-bond acceptors (Lipinski definition) is 5. The molecule has 0 aliphatic carbocycles. The Balaban J connectivity index is 3.75. The van der Waals surface area contributed by atoms with Gasteiger partial charge in [-0.05, 0) is 51.7 Å². The first-order valence-electron chi connectivity index (χ1n) is 14.6. The van der Waals surface area contributed by atoms with E-state index < -0.39 is 0 Å². The maximum absolute atomic E-state index is 9.24. The van der Waals surface area contributed by atoms with Gasteiger partial charge in [-0.1, -0.05) is 90.4 Å². The lowest BCUT2D eigenvalue weighted by Gasteiger charge is -2.25. The van der Waals surface area contributed by atoms with Crippen molar-refractivity contribution in [3.05, 3.63) is 0 Å². The molecular weight excluding hydrogens is 412 g/mol. The number of aliphatic hydroxyl groups excluding tert-OH is 3. The Hall–Kier alpha value is -0.200. The Bertz CT molecular complexity index is 350. The van der Waals surface area contributed by atoms with Crippen molar-refractivity contribution in [3.63, 3.8) is 0 Å². The van der Waals surface area contributed by atoms with Crippen molar-refractivity contribution in [2.75, 3.05) is 59.1 Å². The molecule has 0 spiro atoms. The maximum atomic E-state index is 9.24. The molecular formula is C28H60N2O3. The smallest absolute Gasteiger partial charge is 0.0443 e. The summed E-state index contributed by atoms with van der Waals surface area (Å²) >= 11 is 0. The summed E-state index contributed by atoms with van der Waals surface area (Å²) in [4.78, 5) is 4.89. The van der Waals surface area contributed by atoms with Crippen LogP contribution in [0.4, 0.5) is 0 Å². The summed E-state index contributed by atoms with van der Waals surface area (Å²) in [6, 6.07) is 0. The summed E-state index contributed by atoms with van der Waals surface area (Å²) in [6.07, 6.45) is 23.1. The van der Waals surface area contributed by atoms with Gasteiger partial charge in [0.05, 0.1) is 0 Å². The van der Waals surface area contributed by atoms with E-state index in [4.69, 9.17) is 10.2 Å². The second-order valence-electron chi connectivity index (χ2n) is 9.86. The fraction of sp³-hybridized carbons (Fsp3) is 1.00. The minimum Gasteiger partial charge on any atom is -0.396 e. The standard InChI is InChI=1S/C28H60N2O3/c1-2-3-4-5-6-7-8-9-10-11-12-13-14-15-20-29(23-17-26-31)21-16-22-30(24-18-27-32)25-19-28-33/h31-33H,2-28H2,1H3. The molecule has 0 amide bonds. The molecule has 0 saturated heterocycles. The lowest BCUT2D eigenvalue weighted by Crippen LogP contribution is -2.33. The highest BCUT2D eigenvalue weighted by Gasteiger charge is 2.08. The highest BCUT2D eigenvalue weighted by atomic mass is 16.3. The normalized spacial score (nSPS) is 11.8. The van der Waals surface area contributed by atoms with E-state index in [0.29, 0.717) is 0 Å². The highest BCUT2D eigenvalue weighted by Crippen LogP contribution is 2.13. The van der Waals surface area contributed by atoms with Crippen LogP contribution < -0.4 is 0 Å². The minimum atomic E-state index is 0.234. The van der Waals surface area contributed by atoms with E-state index in [9.17, 15) is 5.11 Å². The Morgan fingerprint density at radius 3 is 0.939 bits per heavy atom. The largest absolute Gasteiger partial charge is 0.396 e. The molecule has 3 N–H and O–H groups in total. The number of aliphatic hydroxyl groups is 3. The van der Waals surface area contributed by atoms with Crippen LogP contribution in [0.5, 0.6) is 0 Å². The van der Waals surface area contributed by atoms with Gasteiger partial charge in [-0.25, -0.2) is 0 Å². The third kappa shape index (κ3) is 24.7. The SMILES string of the molecule is CCCCCCCCCCCCCCCCN(CCCO)CCCN(CCCO)CCCO. The van der Waals surface area contributed by atoms with E-state index in [-0.39, 0.29) is 19.8 Å². The average molecular weight is 473 g/mol. The van der Waals surface area contributed by atoms with Gasteiger partial charge in [0, 0.05) is 39.5 Å². The molecule has 0 aliphatic rings. The topological polar surface area (TPSA) is 67.2 Å². The van der Waals surface area contributed by atoms with E-state index >= 15 is 0 Å². The first kappa shape index (κ1) is 32.8. The van der Waals surface area contributed by atoms with Crippen molar-refractivity contribution >= 4 is 0 Å². The summed E-state index contributed by atoms with van der Waals surface area (Å²) in [6.45, 7) is 9.07. The van der Waals surface area contributed by atoms with E-state index in [1.807, 2.05) is 0 Å². The van der Waals surface area contributed by atoms with Gasteiger partial charge in [0.25, 0.3) is 0 Å². The number of hydrogen-bond donors (Lipinski definition) is 3. The lowest BCUT2D eigenvalue weighted by atomic mass is 10.0. The van der Waals surface area contributed by atoms with Gasteiger partial charge in [-0.3, -0.25) is 0 Å². The van der Waals surface area contributed by atoms with Crippen molar-refractivity contribution in [2.45, 2.75) is 122 Å². The highest BCUT2D eigenvalue weighted by molar-refractivity contribution is 4.63. The first-order valence-corrected chi connectivity index (χ1v) is 14.6. The predicted octanol–water partition coefficient (Wildman–Crippen LogP) is 5.61. The third-order valence-electron chi connectivity index (χ3n) is 6.67. The first-order chi connectivity index (χ1) is 16.3. The van der Waals surface area contributed by atoms with Crippen molar-refractivity contribution < 1.29 is 15.3 Å². The summed E-state index contributed by atoms with van der Waals surface area (Å²) in [5.74, 6) is 0. The van der Waals surface area contributed by atoms with E-state index in [0.717, 1.165) is 65.0 Å². The molecule has 0 saturated carbocycles. The summed E-state index contributed by atoms with van der Waals surface area (Å²) in [5.41, 5.74) is 0. The van der Waals surface area contributed by atoms with Crippen molar-refractivity contribution in [3.8, 4) is 0 Å². The second kappa shape index (κ2) is 28.0. The zero-order valence-corrected chi connectivity index (χ0v) is 22.3. The third-order valence-corrected chi connectivity index (χ3v) is 6.67. The zero-order valence-electron chi connectivity index (χ0n) is 22.3. The zero-order chi connectivity index (χ0) is 24.2. The molecule has 0 rings (SSSR count). The number of rotatable bonds is 28. The van der Waals surface area contributed by atoms with Gasteiger partial charge >= 0.3 is 0 Å². The van der Waals surface area contributed by atoms with Gasteiger partial charge in [0.15, 0.2) is 0 Å². The molecule has 0 aromatic heterocycles. The van der Waals surface area contributed by atoms with Crippen LogP contribution in [0.2, 0.25) is 0 Å². The average Bonchev–Trinajstić information content (AvgIpc) is 2.83. The van der Waals surface area contributed by atoms with Crippen LogP contribution in [0.3, 0.4) is 0 Å². The van der Waals surface area contributed by atoms with Gasteiger partial charge in [0.2, 0.25) is 0 Å². The Kier molecular flexibility index (Phi) is 27.9. The molecule has 0 fully saturated rings. The lowest BCUT2D eigenvalue weighted by molar-refractivity contribution is 0.182. The minimum absolute atomic E-state index is 0.234. The number of nitrogens with zero attached hydrogens (tertiary/aromatic N) is 2. The Morgan fingerprint density at radius 2 is 0.606 bits per heavy atom. The molecule has 0 bridgehead atoms. The quantitative estimate of drug-likeness (QED) is 0.129. The Morgan fingerprint density at radius 1 is 0.333 bits per heavy atom. The van der Waals surface area contributed by atoms with Crippen LogP contribution in [0.25, 0.3) is 0 Å². The van der Waals surface area contributed by atoms with Gasteiger partial charge in [-0.2, -0.15) is 0 Å². The summed E-state index contributed by atoms with van der Waals surface area (Å²) < 4.78 is 0. The summed E-state index contributed by atoms with van der Waals surface area (Å²) in [5, 5.41) is 27.4. The van der Waals surface area contributed by atoms with E-state index in [1.165, 1.54) is 89.9 Å². The number of unbranched alkanes of at least 4 members (excludes halogenated alkanes) is 13. The van der Waals surface area contributed by atoms with Gasteiger partial charge < -0.3 is 25.1 Å². The molecule has 0 aromatic rings. The molecule has 0 radical (unpaired) electrons. The molecule has 5 heteroatoms. The Labute approximate surface area is 206 Å². The molecule has 0 atom stereocenters. The molecule has 5 nitrogen and oxygen atoms in total. The molecule has 0 unspecified atom stereocenters. The van der Waals surface area contributed by atoms with E-state index in [2.05, 4.69) is 16.7 Å². The fourth-order valence-electron chi connectivity index (χ4n) is 4.60. The molecule has 200 valence electrons. The fourth-order valence-corrected chi connectivity index (χ4v) is 4.60. The van der Waals surface area contributed by atoms with Crippen LogP contribution in [0.15, 0.2) is 0 Å². The van der Waals surface area contributed by atoms with Gasteiger partial charge in [0.1, 0.15) is 0 Å². The van der Waals surface area contributed by atoms with Crippen LogP contribution in [0.1, 0.15) is 122 Å². The monoisotopic (exact) mass is 472 g/mol. The second-order valence-corrected chi connectivity index (χ2v) is 9.86. The molecule has 0 heterocycles. The molecule has 33 heavy (non-hydrogen) atoms. The van der Waals surface area contributed by atoms with Crippen molar-refractivity contribution in [1.82, 2.24) is 9.80 Å². The van der Waals surface area contributed by atoms with Crippen LogP contribution >= 0.6 is 0 Å². The predicted molar refractivity (Wildman–Crippen MR) is 143 cm³/mol. The van der Waals surface area contributed by atoms with E-state index in [1.54, 1.807) is 0 Å². The van der Waals surface area contributed by atoms with Crippen molar-refractivity contribution in [2.24, 2.45) is 0 Å². The van der Waals surface area contributed by atoms with Crippen LogP contribution in [-0.4, -0.2) is 84.2 Å². The van der Waals surface area contributed by atoms with Crippen LogP contribution in [0, 0.1) is 0 Å². The summed E-state index contributed by atoms with van der Waals surface area (Å²) in [7, 11) is 0. The maximum Gasteiger partial charge on any atom is 0.0443 e. The van der Waals surface area contributed by atoms with Crippen LogP contribution in [-0.2, 0) is 0 Å². The molecule has 0 aromatic carbocycles.